The van der Waals surface area contributed by atoms with Gasteiger partial charge in [0.1, 0.15) is 11.3 Å². The summed E-state index contributed by atoms with van der Waals surface area (Å²) in [4.78, 5) is 23.3. The first kappa shape index (κ1) is 17.2. The molecule has 1 atom stereocenters. The number of carbonyl (C=O) groups is 1. The molecule has 3 aromatic rings. The second-order valence-electron chi connectivity index (χ2n) is 8.12. The van der Waals surface area contributed by atoms with Gasteiger partial charge < -0.3 is 0 Å². The number of hydrogen-bond acceptors (Lipinski definition) is 4. The highest BCUT2D eigenvalue weighted by Crippen LogP contribution is 2.40. The number of anilines is 1. The normalized spacial score (nSPS) is 17.3. The van der Waals surface area contributed by atoms with Gasteiger partial charge in [0.05, 0.1) is 11.4 Å². The zero-order valence-electron chi connectivity index (χ0n) is 15.7. The van der Waals surface area contributed by atoms with Crippen LogP contribution in [0.4, 0.5) is 5.13 Å². The van der Waals surface area contributed by atoms with Crippen LogP contribution in [0.2, 0.25) is 0 Å². The summed E-state index contributed by atoms with van der Waals surface area (Å²) in [7, 11) is 0. The van der Waals surface area contributed by atoms with Crippen molar-refractivity contribution in [3.8, 4) is 0 Å². The van der Waals surface area contributed by atoms with Gasteiger partial charge in [-0.3, -0.25) is 14.5 Å². The van der Waals surface area contributed by atoms with Crippen LogP contribution in [0.25, 0.3) is 5.65 Å². The molecule has 1 unspecified atom stereocenters. The third kappa shape index (κ3) is 3.03. The number of aromatic nitrogens is 3. The third-order valence-corrected chi connectivity index (χ3v) is 6.34. The van der Waals surface area contributed by atoms with E-state index in [0.29, 0.717) is 22.2 Å². The van der Waals surface area contributed by atoms with Crippen molar-refractivity contribution in [3.05, 3.63) is 46.4 Å². The van der Waals surface area contributed by atoms with Crippen molar-refractivity contribution in [2.75, 3.05) is 5.32 Å². The van der Waals surface area contributed by atoms with E-state index in [0.717, 1.165) is 29.9 Å². The molecule has 5 nitrogen and oxygen atoms in total. The van der Waals surface area contributed by atoms with Crippen LogP contribution < -0.4 is 5.32 Å². The van der Waals surface area contributed by atoms with Crippen molar-refractivity contribution in [2.24, 2.45) is 11.3 Å². The summed E-state index contributed by atoms with van der Waals surface area (Å²) in [5, 5.41) is 3.69. The fourth-order valence-electron chi connectivity index (χ4n) is 3.71. The number of amides is 1. The molecule has 0 bridgehead atoms. The van der Waals surface area contributed by atoms with Gasteiger partial charge >= 0.3 is 0 Å². The molecule has 26 heavy (non-hydrogen) atoms. The Morgan fingerprint density at radius 1 is 1.31 bits per heavy atom. The van der Waals surface area contributed by atoms with E-state index in [1.54, 1.807) is 11.3 Å². The van der Waals surface area contributed by atoms with Gasteiger partial charge in [0.15, 0.2) is 5.13 Å². The number of hydrogen-bond donors (Lipinski definition) is 1. The lowest BCUT2D eigenvalue weighted by atomic mass is 9.73. The van der Waals surface area contributed by atoms with Crippen LogP contribution >= 0.6 is 11.3 Å². The highest BCUT2D eigenvalue weighted by Gasteiger charge is 2.31. The fourth-order valence-corrected chi connectivity index (χ4v) is 4.79. The third-order valence-electron chi connectivity index (χ3n) is 5.30. The van der Waals surface area contributed by atoms with E-state index in [2.05, 4.69) is 36.1 Å². The summed E-state index contributed by atoms with van der Waals surface area (Å²) >= 11 is 1.62. The number of imidazole rings is 1. The molecule has 0 saturated carbocycles. The summed E-state index contributed by atoms with van der Waals surface area (Å²) in [5.41, 5.74) is 3.53. The van der Waals surface area contributed by atoms with Gasteiger partial charge in [-0.15, -0.1) is 11.3 Å². The Balaban J connectivity index is 1.58. The van der Waals surface area contributed by atoms with Crippen LogP contribution in [0.15, 0.2) is 24.4 Å². The molecule has 6 heteroatoms. The molecular formula is C20H24N4OS. The van der Waals surface area contributed by atoms with E-state index in [1.165, 1.54) is 11.3 Å². The first-order valence-corrected chi connectivity index (χ1v) is 9.88. The number of carbonyl (C=O) groups excluding carboxylic acids is 1. The predicted octanol–water partition coefficient (Wildman–Crippen LogP) is 4.50. The standard InChI is InChI=1S/C20H24N4OS/c1-12-17(24-10-6-5-7-16(24)21-12)18(25)23-19-22-14-9-8-13(20(2,3)4)11-15(14)26-19/h5-7,10,13H,8-9,11H2,1-4H3,(H,22,23,25). The van der Waals surface area contributed by atoms with Crippen molar-refractivity contribution in [2.45, 2.75) is 47.0 Å². The summed E-state index contributed by atoms with van der Waals surface area (Å²) in [5.74, 6) is 0.514. The van der Waals surface area contributed by atoms with E-state index in [4.69, 9.17) is 0 Å². The average Bonchev–Trinajstić information content (AvgIpc) is 3.11. The Labute approximate surface area is 157 Å². The Hall–Kier alpha value is -2.21. The summed E-state index contributed by atoms with van der Waals surface area (Å²) < 4.78 is 1.83. The number of aryl methyl sites for hydroxylation is 2. The van der Waals surface area contributed by atoms with Gasteiger partial charge in [0.25, 0.3) is 5.91 Å². The second kappa shape index (κ2) is 6.20. The molecule has 1 aliphatic carbocycles. The van der Waals surface area contributed by atoms with Crippen molar-refractivity contribution < 1.29 is 4.79 Å². The lowest BCUT2D eigenvalue weighted by molar-refractivity contribution is 0.102. The van der Waals surface area contributed by atoms with Crippen LogP contribution in [-0.2, 0) is 12.8 Å². The highest BCUT2D eigenvalue weighted by atomic mass is 32.1. The number of thiazole rings is 1. The van der Waals surface area contributed by atoms with Gasteiger partial charge in [0.2, 0.25) is 0 Å². The number of nitrogens with zero attached hydrogens (tertiary/aromatic N) is 3. The first-order valence-electron chi connectivity index (χ1n) is 9.06. The van der Waals surface area contributed by atoms with Gasteiger partial charge in [-0.25, -0.2) is 9.97 Å². The van der Waals surface area contributed by atoms with Crippen molar-refractivity contribution in [3.63, 3.8) is 0 Å². The molecule has 0 saturated heterocycles. The van der Waals surface area contributed by atoms with E-state index in [1.807, 2.05) is 35.7 Å². The Morgan fingerprint density at radius 2 is 2.12 bits per heavy atom. The van der Waals surface area contributed by atoms with Crippen molar-refractivity contribution >= 4 is 28.0 Å². The lowest BCUT2D eigenvalue weighted by Gasteiger charge is -2.33. The van der Waals surface area contributed by atoms with Gasteiger partial charge in [-0.05, 0) is 49.7 Å². The van der Waals surface area contributed by atoms with Crippen LogP contribution in [-0.4, -0.2) is 20.3 Å². The number of fused-ring (bicyclic) bond motifs is 2. The topological polar surface area (TPSA) is 59.3 Å². The summed E-state index contributed by atoms with van der Waals surface area (Å²) in [6.07, 6.45) is 5.09. The van der Waals surface area contributed by atoms with Crippen LogP contribution in [0.1, 0.15) is 53.9 Å². The van der Waals surface area contributed by atoms with E-state index < -0.39 is 0 Å². The molecule has 4 rings (SSSR count). The van der Waals surface area contributed by atoms with E-state index in [-0.39, 0.29) is 5.91 Å². The maximum atomic E-state index is 12.8. The van der Waals surface area contributed by atoms with Crippen LogP contribution in [0, 0.1) is 18.3 Å². The number of nitrogens with one attached hydrogen (secondary N) is 1. The minimum absolute atomic E-state index is 0.153. The fraction of sp³-hybridized carbons (Fsp3) is 0.450. The van der Waals surface area contributed by atoms with Crippen LogP contribution in [0.3, 0.4) is 0 Å². The SMILES string of the molecule is Cc1nc2ccccn2c1C(=O)Nc1nc2c(s1)CC(C(C)(C)C)CC2. The largest absolute Gasteiger partial charge is 0.296 e. The average molecular weight is 369 g/mol. The molecule has 0 spiro atoms. The Bertz CT molecular complexity index is 980. The van der Waals surface area contributed by atoms with Gasteiger partial charge in [0, 0.05) is 11.1 Å². The maximum absolute atomic E-state index is 12.8. The van der Waals surface area contributed by atoms with Crippen molar-refractivity contribution in [1.82, 2.24) is 14.4 Å². The smallest absolute Gasteiger partial charge is 0.276 e. The Morgan fingerprint density at radius 3 is 2.88 bits per heavy atom. The molecule has 1 amide bonds. The molecule has 0 radical (unpaired) electrons. The summed E-state index contributed by atoms with van der Waals surface area (Å²) in [6.45, 7) is 8.78. The van der Waals surface area contributed by atoms with Crippen LogP contribution in [0.5, 0.6) is 0 Å². The van der Waals surface area contributed by atoms with E-state index >= 15 is 0 Å². The first-order chi connectivity index (χ1) is 12.3. The molecule has 0 aromatic carbocycles. The summed E-state index contributed by atoms with van der Waals surface area (Å²) in [6, 6.07) is 5.72. The lowest BCUT2D eigenvalue weighted by Crippen LogP contribution is -2.26. The zero-order chi connectivity index (χ0) is 18.5. The minimum Gasteiger partial charge on any atom is -0.296 e. The molecule has 0 fully saturated rings. The predicted molar refractivity (Wildman–Crippen MR) is 105 cm³/mol. The quantitative estimate of drug-likeness (QED) is 0.724. The van der Waals surface area contributed by atoms with Gasteiger partial charge in [-0.1, -0.05) is 26.8 Å². The number of rotatable bonds is 2. The molecule has 1 aliphatic rings. The number of pyridine rings is 1. The molecule has 1 N–H and O–H groups in total. The molecule has 3 aromatic heterocycles. The minimum atomic E-state index is -0.153. The highest BCUT2D eigenvalue weighted by molar-refractivity contribution is 7.15. The molecular weight excluding hydrogens is 344 g/mol. The Kier molecular flexibility index (Phi) is 4.10. The molecule has 0 aliphatic heterocycles. The van der Waals surface area contributed by atoms with Crippen molar-refractivity contribution in [1.29, 1.82) is 0 Å². The van der Waals surface area contributed by atoms with Gasteiger partial charge in [-0.2, -0.15) is 0 Å². The van der Waals surface area contributed by atoms with E-state index in [9.17, 15) is 4.79 Å². The maximum Gasteiger partial charge on any atom is 0.276 e. The second-order valence-corrected chi connectivity index (χ2v) is 9.21. The monoisotopic (exact) mass is 368 g/mol. The zero-order valence-corrected chi connectivity index (χ0v) is 16.5. The molecule has 3 heterocycles. The molecule has 136 valence electrons.